The quantitative estimate of drug-likeness (QED) is 0.219. The number of nitrogens with two attached hydrogens (primary N) is 1. The molecular formula is C24H32N8O6. The van der Waals surface area contributed by atoms with Crippen LogP contribution in [0, 0.1) is 5.41 Å². The summed E-state index contributed by atoms with van der Waals surface area (Å²) in [6, 6.07) is 17.6. The monoisotopic (exact) mass is 528 g/mol. The van der Waals surface area contributed by atoms with E-state index in [1.54, 1.807) is 13.8 Å². The summed E-state index contributed by atoms with van der Waals surface area (Å²) in [5, 5.41) is 18.9. The molecule has 2 rings (SSSR count). The van der Waals surface area contributed by atoms with Gasteiger partial charge in [-0.05, 0) is 25.0 Å². The van der Waals surface area contributed by atoms with Gasteiger partial charge in [0.2, 0.25) is 11.9 Å². The van der Waals surface area contributed by atoms with E-state index in [4.69, 9.17) is 11.1 Å². The van der Waals surface area contributed by atoms with Crippen LogP contribution in [0.15, 0.2) is 65.7 Å². The Bertz CT molecular complexity index is 1080. The van der Waals surface area contributed by atoms with Crippen molar-refractivity contribution in [2.45, 2.75) is 26.9 Å². The highest BCUT2D eigenvalue weighted by molar-refractivity contribution is 6.01. The van der Waals surface area contributed by atoms with Gasteiger partial charge < -0.3 is 25.8 Å². The summed E-state index contributed by atoms with van der Waals surface area (Å²) in [4.78, 5) is 48.1. The van der Waals surface area contributed by atoms with Crippen molar-refractivity contribution in [2.24, 2.45) is 10.7 Å². The van der Waals surface area contributed by atoms with Crippen LogP contribution in [-0.2, 0) is 22.6 Å². The van der Waals surface area contributed by atoms with Crippen molar-refractivity contribution in [3.05, 3.63) is 71.8 Å². The average molecular weight is 529 g/mol. The topological polar surface area (TPSA) is 209 Å². The summed E-state index contributed by atoms with van der Waals surface area (Å²) in [6.07, 6.45) is -1.63. The Balaban J connectivity index is 0.000000380. The second-order valence-electron chi connectivity index (χ2n) is 7.00. The van der Waals surface area contributed by atoms with Gasteiger partial charge in [0.1, 0.15) is 0 Å². The Morgan fingerprint density at radius 1 is 0.763 bits per heavy atom. The number of urea groups is 2. The van der Waals surface area contributed by atoms with Crippen LogP contribution in [0.3, 0.4) is 0 Å². The predicted molar refractivity (Wildman–Crippen MR) is 140 cm³/mol. The highest BCUT2D eigenvalue weighted by atomic mass is 16.5. The zero-order chi connectivity index (χ0) is 28.2. The van der Waals surface area contributed by atoms with Crippen molar-refractivity contribution in [1.82, 2.24) is 26.6 Å². The molecule has 0 unspecified atom stereocenters. The van der Waals surface area contributed by atoms with Gasteiger partial charge in [0, 0.05) is 13.1 Å². The lowest BCUT2D eigenvalue weighted by atomic mass is 10.2. The fourth-order valence-corrected chi connectivity index (χ4v) is 2.46. The van der Waals surface area contributed by atoms with Gasteiger partial charge in [-0.1, -0.05) is 60.7 Å². The van der Waals surface area contributed by atoms with Gasteiger partial charge in [-0.3, -0.25) is 21.4 Å². The van der Waals surface area contributed by atoms with Gasteiger partial charge in [-0.15, -0.1) is 4.99 Å². The van der Waals surface area contributed by atoms with Crippen molar-refractivity contribution < 1.29 is 28.7 Å². The first-order valence-corrected chi connectivity index (χ1v) is 11.4. The van der Waals surface area contributed by atoms with Gasteiger partial charge in [0.05, 0.1) is 13.2 Å². The normalized spacial score (nSPS) is 10.0. The van der Waals surface area contributed by atoms with Gasteiger partial charge in [0.15, 0.2) is 0 Å². The first-order chi connectivity index (χ1) is 18.2. The molecule has 2 aromatic carbocycles. The third kappa shape index (κ3) is 15.0. The van der Waals surface area contributed by atoms with E-state index < -0.39 is 30.2 Å². The van der Waals surface area contributed by atoms with Crippen LogP contribution in [0.2, 0.25) is 0 Å². The second kappa shape index (κ2) is 18.2. The Morgan fingerprint density at radius 3 is 1.71 bits per heavy atom. The highest BCUT2D eigenvalue weighted by Gasteiger charge is 2.08. The molecule has 14 heteroatoms. The molecule has 0 aliphatic rings. The summed E-state index contributed by atoms with van der Waals surface area (Å²) < 4.78 is 9.11. The summed E-state index contributed by atoms with van der Waals surface area (Å²) in [7, 11) is 0. The molecule has 0 saturated carbocycles. The van der Waals surface area contributed by atoms with E-state index in [1.807, 2.05) is 60.7 Å². The SMILES string of the molecule is CCOC(=O)/N=C(\N)NC(=O)NCc1ccccc1.CCOC(=O)NC(=N)NC(=O)NCc1ccccc1. The number of rotatable bonds is 6. The number of benzene rings is 2. The molecular weight excluding hydrogens is 496 g/mol. The van der Waals surface area contributed by atoms with E-state index >= 15 is 0 Å². The number of hydrogen-bond acceptors (Lipinski definition) is 7. The minimum Gasteiger partial charge on any atom is -0.450 e. The Labute approximate surface area is 219 Å². The number of nitrogens with zero attached hydrogens (tertiary/aromatic N) is 1. The maximum Gasteiger partial charge on any atom is 0.436 e. The van der Waals surface area contributed by atoms with Crippen LogP contribution in [0.25, 0.3) is 0 Å². The van der Waals surface area contributed by atoms with Gasteiger partial charge in [-0.2, -0.15) is 0 Å². The maximum absolute atomic E-state index is 11.4. The fraction of sp³-hybridized carbons (Fsp3) is 0.250. The molecule has 0 bridgehead atoms. The van der Waals surface area contributed by atoms with Crippen LogP contribution in [-0.4, -0.2) is 49.4 Å². The molecule has 204 valence electrons. The number of aliphatic imine (C=N–C) groups is 1. The minimum absolute atomic E-state index is 0.190. The molecule has 0 radical (unpaired) electrons. The van der Waals surface area contributed by atoms with Crippen molar-refractivity contribution in [3.63, 3.8) is 0 Å². The Morgan fingerprint density at radius 2 is 1.24 bits per heavy atom. The number of guanidine groups is 2. The van der Waals surface area contributed by atoms with E-state index in [0.29, 0.717) is 13.1 Å². The van der Waals surface area contributed by atoms with E-state index in [0.717, 1.165) is 11.1 Å². The van der Waals surface area contributed by atoms with Crippen molar-refractivity contribution in [3.8, 4) is 0 Å². The zero-order valence-corrected chi connectivity index (χ0v) is 21.1. The molecule has 0 saturated heterocycles. The summed E-state index contributed by atoms with van der Waals surface area (Å²) in [5.74, 6) is -0.756. The third-order valence-electron chi connectivity index (χ3n) is 4.05. The first kappa shape index (κ1) is 30.9. The Hall–Kier alpha value is -5.14. The maximum atomic E-state index is 11.4. The lowest BCUT2D eigenvalue weighted by Gasteiger charge is -2.09. The standard InChI is InChI=1S/2C12H16N4O3/c2*1-2-19-12(18)16-10(13)15-11(17)14-8-9-6-4-3-5-7-9/h2*3-7H,2,8H2,1H3,(H4,13,14,15,16,17,18). The molecule has 0 aromatic heterocycles. The van der Waals surface area contributed by atoms with Crippen LogP contribution < -0.4 is 32.3 Å². The molecule has 0 atom stereocenters. The van der Waals surface area contributed by atoms with E-state index in [-0.39, 0.29) is 19.2 Å². The highest BCUT2D eigenvalue weighted by Crippen LogP contribution is 1.97. The molecule has 2 aromatic rings. The van der Waals surface area contributed by atoms with Crippen LogP contribution in [0.5, 0.6) is 0 Å². The third-order valence-corrected chi connectivity index (χ3v) is 4.05. The number of nitrogens with one attached hydrogen (secondary N) is 6. The number of amides is 6. The predicted octanol–water partition coefficient (Wildman–Crippen LogP) is 2.12. The number of alkyl carbamates (subject to hydrolysis) is 1. The number of carbonyl (C=O) groups excluding carboxylic acids is 4. The largest absolute Gasteiger partial charge is 0.450 e. The molecule has 0 fully saturated rings. The molecule has 0 aliphatic heterocycles. The van der Waals surface area contributed by atoms with Gasteiger partial charge in [0.25, 0.3) is 0 Å². The van der Waals surface area contributed by atoms with E-state index in [1.165, 1.54) is 0 Å². The average Bonchev–Trinajstić information content (AvgIpc) is 2.88. The molecule has 0 aliphatic carbocycles. The van der Waals surface area contributed by atoms with Gasteiger partial charge >= 0.3 is 24.2 Å². The number of ether oxygens (including phenoxy) is 2. The molecule has 8 N–H and O–H groups in total. The Kier molecular flexibility index (Phi) is 14.8. The lowest BCUT2D eigenvalue weighted by Crippen LogP contribution is -2.47. The second-order valence-corrected chi connectivity index (χ2v) is 7.00. The molecule has 0 heterocycles. The smallest absolute Gasteiger partial charge is 0.436 e. The molecule has 38 heavy (non-hydrogen) atoms. The zero-order valence-electron chi connectivity index (χ0n) is 21.1. The van der Waals surface area contributed by atoms with Crippen LogP contribution in [0.1, 0.15) is 25.0 Å². The van der Waals surface area contributed by atoms with Crippen LogP contribution >= 0.6 is 0 Å². The molecule has 0 spiro atoms. The summed E-state index contributed by atoms with van der Waals surface area (Å²) in [6.45, 7) is 4.35. The van der Waals surface area contributed by atoms with E-state index in [9.17, 15) is 19.2 Å². The molecule has 14 nitrogen and oxygen atoms in total. The van der Waals surface area contributed by atoms with Crippen molar-refractivity contribution in [1.29, 1.82) is 5.41 Å². The summed E-state index contributed by atoms with van der Waals surface area (Å²) >= 11 is 0. The number of carbonyl (C=O) groups is 4. The van der Waals surface area contributed by atoms with Crippen molar-refractivity contribution in [2.75, 3.05) is 13.2 Å². The molecule has 6 amide bonds. The summed E-state index contributed by atoms with van der Waals surface area (Å²) in [5.41, 5.74) is 7.23. The minimum atomic E-state index is -0.844. The van der Waals surface area contributed by atoms with Gasteiger partial charge in [-0.25, -0.2) is 19.2 Å². The number of hydrogen-bond donors (Lipinski definition) is 7. The lowest BCUT2D eigenvalue weighted by molar-refractivity contribution is 0.157. The first-order valence-electron chi connectivity index (χ1n) is 11.4. The van der Waals surface area contributed by atoms with Crippen LogP contribution in [0.4, 0.5) is 19.2 Å². The van der Waals surface area contributed by atoms with Crippen molar-refractivity contribution >= 4 is 36.2 Å². The van der Waals surface area contributed by atoms with E-state index in [2.05, 4.69) is 41.1 Å². The fourth-order valence-electron chi connectivity index (χ4n) is 2.46.